The minimum absolute atomic E-state index is 0.529. The molecule has 3 rings (SSSR count). The summed E-state index contributed by atoms with van der Waals surface area (Å²) in [6.07, 6.45) is 3.29. The molecule has 18 heavy (non-hydrogen) atoms. The second kappa shape index (κ2) is 4.84. The molecule has 0 amide bonds. The molecule has 0 aliphatic carbocycles. The van der Waals surface area contributed by atoms with Crippen LogP contribution < -0.4 is 0 Å². The second-order valence-corrected chi connectivity index (χ2v) is 5.06. The summed E-state index contributed by atoms with van der Waals surface area (Å²) >= 11 is 1.71. The van der Waals surface area contributed by atoms with Crippen molar-refractivity contribution in [2.45, 2.75) is 12.5 Å². The van der Waals surface area contributed by atoms with Crippen LogP contribution >= 0.6 is 11.3 Å². The van der Waals surface area contributed by atoms with E-state index in [9.17, 15) is 5.11 Å². The van der Waals surface area contributed by atoms with Gasteiger partial charge in [-0.3, -0.25) is 0 Å². The van der Waals surface area contributed by atoms with Gasteiger partial charge in [0.25, 0.3) is 0 Å². The highest BCUT2D eigenvalue weighted by Crippen LogP contribution is 2.29. The molecular formula is C14H12N2OS. The number of aliphatic hydroxyl groups excluding tert-OH is 1. The number of nitrogens with zero attached hydrogens (tertiary/aromatic N) is 2. The molecule has 2 heterocycles. The van der Waals surface area contributed by atoms with Crippen LogP contribution in [-0.2, 0) is 6.42 Å². The molecule has 3 aromatic rings. The molecule has 3 nitrogen and oxygen atoms in total. The third-order valence-electron chi connectivity index (χ3n) is 2.97. The highest BCUT2D eigenvalue weighted by molar-refractivity contribution is 7.17. The van der Waals surface area contributed by atoms with Crippen molar-refractivity contribution >= 4 is 21.4 Å². The maximum atomic E-state index is 10.2. The van der Waals surface area contributed by atoms with E-state index in [1.165, 1.54) is 15.6 Å². The Balaban J connectivity index is 1.89. The Morgan fingerprint density at radius 1 is 1.17 bits per heavy atom. The molecule has 4 heteroatoms. The quantitative estimate of drug-likeness (QED) is 0.783. The standard InChI is InChI=1S/C14H12N2OS/c17-13(10-5-6-15-16-8-10)7-11-9-18-14-4-2-1-3-12(11)14/h1-6,8-9,13,17H,7H2. The summed E-state index contributed by atoms with van der Waals surface area (Å²) in [5.74, 6) is 0. The number of aromatic nitrogens is 2. The molecule has 1 N–H and O–H groups in total. The SMILES string of the molecule is OC(Cc1csc2ccccc12)c1ccnnc1. The van der Waals surface area contributed by atoms with E-state index in [4.69, 9.17) is 0 Å². The molecule has 0 saturated carbocycles. The zero-order valence-corrected chi connectivity index (χ0v) is 10.5. The summed E-state index contributed by atoms with van der Waals surface area (Å²) in [7, 11) is 0. The Morgan fingerprint density at radius 2 is 2.06 bits per heavy atom. The molecule has 2 aromatic heterocycles. The van der Waals surface area contributed by atoms with Crippen LogP contribution in [0.5, 0.6) is 0 Å². The van der Waals surface area contributed by atoms with Crippen LogP contribution in [0.15, 0.2) is 48.1 Å². The third-order valence-corrected chi connectivity index (χ3v) is 3.98. The van der Waals surface area contributed by atoms with E-state index in [0.29, 0.717) is 6.42 Å². The molecule has 0 saturated heterocycles. The summed E-state index contributed by atoms with van der Waals surface area (Å²) in [5, 5.41) is 21.0. The lowest BCUT2D eigenvalue weighted by molar-refractivity contribution is 0.178. The van der Waals surface area contributed by atoms with Gasteiger partial charge in [0.2, 0.25) is 0 Å². The van der Waals surface area contributed by atoms with Gasteiger partial charge >= 0.3 is 0 Å². The Bertz CT molecular complexity index is 651. The molecule has 0 spiro atoms. The van der Waals surface area contributed by atoms with Gasteiger partial charge < -0.3 is 5.11 Å². The number of benzene rings is 1. The minimum atomic E-state index is -0.529. The Hall–Kier alpha value is -1.78. The van der Waals surface area contributed by atoms with Crippen LogP contribution in [0.3, 0.4) is 0 Å². The van der Waals surface area contributed by atoms with Gasteiger partial charge in [-0.25, -0.2) is 0 Å². The van der Waals surface area contributed by atoms with Crippen molar-refractivity contribution < 1.29 is 5.11 Å². The fourth-order valence-electron chi connectivity index (χ4n) is 2.02. The van der Waals surface area contributed by atoms with Gasteiger partial charge in [0.05, 0.1) is 12.3 Å². The second-order valence-electron chi connectivity index (χ2n) is 4.15. The summed E-state index contributed by atoms with van der Waals surface area (Å²) < 4.78 is 1.26. The van der Waals surface area contributed by atoms with Gasteiger partial charge in [0.1, 0.15) is 0 Å². The van der Waals surface area contributed by atoms with Crippen LogP contribution in [0.4, 0.5) is 0 Å². The first kappa shape index (κ1) is 11.3. The normalized spacial score (nSPS) is 12.7. The molecule has 0 radical (unpaired) electrons. The van der Waals surface area contributed by atoms with Crippen molar-refractivity contribution in [3.8, 4) is 0 Å². The highest BCUT2D eigenvalue weighted by atomic mass is 32.1. The van der Waals surface area contributed by atoms with Crippen molar-refractivity contribution in [3.05, 3.63) is 59.2 Å². The maximum absolute atomic E-state index is 10.2. The Morgan fingerprint density at radius 3 is 2.89 bits per heavy atom. The molecule has 0 bridgehead atoms. The molecule has 1 aromatic carbocycles. The van der Waals surface area contributed by atoms with E-state index in [0.717, 1.165) is 5.56 Å². The van der Waals surface area contributed by atoms with E-state index >= 15 is 0 Å². The van der Waals surface area contributed by atoms with E-state index in [-0.39, 0.29) is 0 Å². The Labute approximate surface area is 109 Å². The Kier molecular flexibility index (Phi) is 3.04. The molecule has 0 aliphatic heterocycles. The molecule has 1 unspecified atom stereocenters. The molecular weight excluding hydrogens is 244 g/mol. The number of thiophene rings is 1. The average molecular weight is 256 g/mol. The van der Waals surface area contributed by atoms with Crippen LogP contribution in [-0.4, -0.2) is 15.3 Å². The molecule has 1 atom stereocenters. The van der Waals surface area contributed by atoms with Crippen molar-refractivity contribution in [1.82, 2.24) is 10.2 Å². The van der Waals surface area contributed by atoms with Gasteiger partial charge in [-0.2, -0.15) is 10.2 Å². The number of fused-ring (bicyclic) bond motifs is 1. The minimum Gasteiger partial charge on any atom is -0.388 e. The first-order valence-corrected chi connectivity index (χ1v) is 6.62. The first-order valence-electron chi connectivity index (χ1n) is 5.74. The lowest BCUT2D eigenvalue weighted by atomic mass is 10.0. The predicted molar refractivity (Wildman–Crippen MR) is 72.5 cm³/mol. The van der Waals surface area contributed by atoms with Gasteiger partial charge in [0.15, 0.2) is 0 Å². The van der Waals surface area contributed by atoms with E-state index in [1.807, 2.05) is 12.1 Å². The number of rotatable bonds is 3. The van der Waals surface area contributed by atoms with E-state index < -0.39 is 6.10 Å². The van der Waals surface area contributed by atoms with Gasteiger partial charge in [-0.1, -0.05) is 18.2 Å². The fraction of sp³-hybridized carbons (Fsp3) is 0.143. The largest absolute Gasteiger partial charge is 0.388 e. The van der Waals surface area contributed by atoms with Crippen LogP contribution in [0.1, 0.15) is 17.2 Å². The maximum Gasteiger partial charge on any atom is 0.0846 e. The monoisotopic (exact) mass is 256 g/mol. The number of aliphatic hydroxyl groups is 1. The molecule has 0 fully saturated rings. The van der Waals surface area contributed by atoms with Crippen molar-refractivity contribution in [1.29, 1.82) is 0 Å². The molecule has 90 valence electrons. The number of hydrogen-bond acceptors (Lipinski definition) is 4. The zero-order valence-electron chi connectivity index (χ0n) is 9.65. The first-order chi connectivity index (χ1) is 8.84. The van der Waals surface area contributed by atoms with Crippen molar-refractivity contribution in [2.24, 2.45) is 0 Å². The van der Waals surface area contributed by atoms with E-state index in [1.54, 1.807) is 29.8 Å². The summed E-state index contributed by atoms with van der Waals surface area (Å²) in [4.78, 5) is 0. The zero-order chi connectivity index (χ0) is 12.4. The van der Waals surface area contributed by atoms with Gasteiger partial charge in [-0.05, 0) is 28.5 Å². The highest BCUT2D eigenvalue weighted by Gasteiger charge is 2.11. The van der Waals surface area contributed by atoms with Crippen LogP contribution in [0.25, 0.3) is 10.1 Å². The average Bonchev–Trinajstić information content (AvgIpc) is 2.83. The summed E-state index contributed by atoms with van der Waals surface area (Å²) in [6, 6.07) is 10.1. The van der Waals surface area contributed by atoms with Crippen LogP contribution in [0.2, 0.25) is 0 Å². The summed E-state index contributed by atoms with van der Waals surface area (Å²) in [5.41, 5.74) is 1.99. The van der Waals surface area contributed by atoms with E-state index in [2.05, 4.69) is 27.7 Å². The third kappa shape index (κ3) is 2.12. The van der Waals surface area contributed by atoms with Crippen molar-refractivity contribution in [2.75, 3.05) is 0 Å². The lowest BCUT2D eigenvalue weighted by Crippen LogP contribution is -2.02. The fourth-order valence-corrected chi connectivity index (χ4v) is 2.99. The van der Waals surface area contributed by atoms with Gasteiger partial charge in [-0.15, -0.1) is 11.3 Å². The van der Waals surface area contributed by atoms with Crippen LogP contribution in [0, 0.1) is 0 Å². The summed E-state index contributed by atoms with van der Waals surface area (Å²) in [6.45, 7) is 0. The predicted octanol–water partition coefficient (Wildman–Crippen LogP) is 2.97. The topological polar surface area (TPSA) is 46.0 Å². The smallest absolute Gasteiger partial charge is 0.0846 e. The van der Waals surface area contributed by atoms with Gasteiger partial charge in [0, 0.05) is 22.9 Å². The lowest BCUT2D eigenvalue weighted by Gasteiger charge is -2.09. The van der Waals surface area contributed by atoms with Crippen molar-refractivity contribution in [3.63, 3.8) is 0 Å². The molecule has 0 aliphatic rings. The number of hydrogen-bond donors (Lipinski definition) is 1.